The summed E-state index contributed by atoms with van der Waals surface area (Å²) in [6.45, 7) is 3.88. The van der Waals surface area contributed by atoms with E-state index in [0.717, 1.165) is 22.3 Å². The number of benzene rings is 3. The van der Waals surface area contributed by atoms with Gasteiger partial charge in [-0.3, -0.25) is 0 Å². The van der Waals surface area contributed by atoms with Gasteiger partial charge in [-0.15, -0.1) is 0 Å². The Morgan fingerprint density at radius 3 is 1.72 bits per heavy atom. The lowest BCUT2D eigenvalue weighted by molar-refractivity contribution is 0.0600. The first-order valence-corrected chi connectivity index (χ1v) is 10.6. The van der Waals surface area contributed by atoms with Crippen molar-refractivity contribution in [3.8, 4) is 0 Å². The van der Waals surface area contributed by atoms with Crippen molar-refractivity contribution in [1.29, 1.82) is 0 Å². The fraction of sp³-hybridized carbons (Fsp3) is 0.174. The van der Waals surface area contributed by atoms with Crippen LogP contribution in [0.15, 0.2) is 77.7 Å². The fourth-order valence-electron chi connectivity index (χ4n) is 2.96. The highest BCUT2D eigenvalue weighted by molar-refractivity contribution is 7.89. The smallest absolute Gasteiger partial charge is 0.337 e. The Bertz CT molecular complexity index is 1090. The molecule has 0 bridgehead atoms. The standard InChI is InChI=1S/C23H23NO4S/c1-16-4-8-18(9-5-16)22(19-10-12-20(13-11-19)23(25)28-3)24-29(26,27)21-14-6-17(2)7-15-21/h4-15,22,24H,1-3H3. The third kappa shape index (κ3) is 4.91. The molecule has 3 rings (SSSR count). The third-order valence-electron chi connectivity index (χ3n) is 4.68. The number of methoxy groups -OCH3 is 1. The Morgan fingerprint density at radius 1 is 0.793 bits per heavy atom. The molecule has 0 fully saturated rings. The molecule has 0 spiro atoms. The monoisotopic (exact) mass is 409 g/mol. The highest BCUT2D eigenvalue weighted by atomic mass is 32.2. The molecular formula is C23H23NO4S. The molecule has 150 valence electrons. The SMILES string of the molecule is COC(=O)c1ccc(C(NS(=O)(=O)c2ccc(C)cc2)c2ccc(C)cc2)cc1. The topological polar surface area (TPSA) is 72.5 Å². The quantitative estimate of drug-likeness (QED) is 0.621. The summed E-state index contributed by atoms with van der Waals surface area (Å²) >= 11 is 0. The summed E-state index contributed by atoms with van der Waals surface area (Å²) in [5, 5.41) is 0. The van der Waals surface area contributed by atoms with Crippen LogP contribution in [0.25, 0.3) is 0 Å². The predicted octanol–water partition coefficient (Wildman–Crippen LogP) is 4.16. The van der Waals surface area contributed by atoms with Crippen molar-refractivity contribution < 1.29 is 17.9 Å². The van der Waals surface area contributed by atoms with E-state index in [1.807, 2.05) is 38.1 Å². The molecule has 3 aromatic rings. The molecule has 0 aliphatic heterocycles. The molecule has 29 heavy (non-hydrogen) atoms. The number of hydrogen-bond acceptors (Lipinski definition) is 4. The van der Waals surface area contributed by atoms with E-state index < -0.39 is 22.0 Å². The van der Waals surface area contributed by atoms with Crippen LogP contribution in [0.4, 0.5) is 0 Å². The van der Waals surface area contributed by atoms with Crippen molar-refractivity contribution in [2.45, 2.75) is 24.8 Å². The maximum atomic E-state index is 13.0. The van der Waals surface area contributed by atoms with E-state index in [9.17, 15) is 13.2 Å². The number of carbonyl (C=O) groups is 1. The third-order valence-corrected chi connectivity index (χ3v) is 6.12. The van der Waals surface area contributed by atoms with Crippen molar-refractivity contribution >= 4 is 16.0 Å². The summed E-state index contributed by atoms with van der Waals surface area (Å²) in [5.74, 6) is -0.441. The lowest BCUT2D eigenvalue weighted by Gasteiger charge is -2.20. The summed E-state index contributed by atoms with van der Waals surface area (Å²) in [6.07, 6.45) is 0. The van der Waals surface area contributed by atoms with E-state index in [1.165, 1.54) is 7.11 Å². The minimum atomic E-state index is -3.76. The first kappa shape index (κ1) is 20.8. The van der Waals surface area contributed by atoms with Gasteiger partial charge in [-0.25, -0.2) is 13.2 Å². The molecule has 1 unspecified atom stereocenters. The van der Waals surface area contributed by atoms with Crippen molar-refractivity contribution in [1.82, 2.24) is 4.72 Å². The minimum absolute atomic E-state index is 0.200. The Hall–Kier alpha value is -2.96. The first-order valence-electron chi connectivity index (χ1n) is 9.14. The van der Waals surface area contributed by atoms with E-state index in [0.29, 0.717) is 5.56 Å². The van der Waals surface area contributed by atoms with E-state index in [2.05, 4.69) is 4.72 Å². The molecule has 1 N–H and O–H groups in total. The highest BCUT2D eigenvalue weighted by Gasteiger charge is 2.23. The summed E-state index contributed by atoms with van der Waals surface area (Å²) < 4.78 is 33.5. The number of nitrogens with one attached hydrogen (secondary N) is 1. The van der Waals surface area contributed by atoms with Gasteiger partial charge >= 0.3 is 5.97 Å². The predicted molar refractivity (Wildman–Crippen MR) is 112 cm³/mol. The molecule has 0 aliphatic carbocycles. The number of aryl methyl sites for hydroxylation is 2. The zero-order chi connectivity index (χ0) is 21.0. The van der Waals surface area contributed by atoms with Crippen LogP contribution in [-0.2, 0) is 14.8 Å². The average Bonchev–Trinajstić information content (AvgIpc) is 2.73. The van der Waals surface area contributed by atoms with Gasteiger partial charge in [0.2, 0.25) is 10.0 Å². The van der Waals surface area contributed by atoms with Gasteiger partial charge in [0.25, 0.3) is 0 Å². The first-order chi connectivity index (χ1) is 13.8. The van der Waals surface area contributed by atoms with Crippen LogP contribution in [0.1, 0.15) is 38.7 Å². The fourth-order valence-corrected chi connectivity index (χ4v) is 4.17. The lowest BCUT2D eigenvalue weighted by Crippen LogP contribution is -2.29. The molecule has 0 saturated carbocycles. The maximum absolute atomic E-state index is 13.0. The van der Waals surface area contributed by atoms with Gasteiger partial charge < -0.3 is 4.74 Å². The van der Waals surface area contributed by atoms with E-state index in [-0.39, 0.29) is 4.90 Å². The maximum Gasteiger partial charge on any atom is 0.337 e. The van der Waals surface area contributed by atoms with Gasteiger partial charge in [0, 0.05) is 0 Å². The molecule has 3 aromatic carbocycles. The number of rotatable bonds is 6. The van der Waals surface area contributed by atoms with Gasteiger partial charge in [0.1, 0.15) is 0 Å². The lowest BCUT2D eigenvalue weighted by atomic mass is 9.98. The second-order valence-electron chi connectivity index (χ2n) is 6.89. The molecular weight excluding hydrogens is 386 g/mol. The van der Waals surface area contributed by atoms with E-state index in [4.69, 9.17) is 4.74 Å². The molecule has 0 heterocycles. The van der Waals surface area contributed by atoms with Crippen molar-refractivity contribution in [3.05, 3.63) is 101 Å². The van der Waals surface area contributed by atoms with Crippen LogP contribution in [-0.4, -0.2) is 21.5 Å². The Morgan fingerprint density at radius 2 is 1.24 bits per heavy atom. The van der Waals surface area contributed by atoms with Crippen LogP contribution in [0.2, 0.25) is 0 Å². The summed E-state index contributed by atoms with van der Waals surface area (Å²) in [7, 11) is -2.43. The van der Waals surface area contributed by atoms with E-state index >= 15 is 0 Å². The number of carbonyl (C=O) groups excluding carboxylic acids is 1. The van der Waals surface area contributed by atoms with Crippen LogP contribution in [0.5, 0.6) is 0 Å². The van der Waals surface area contributed by atoms with Crippen molar-refractivity contribution in [2.75, 3.05) is 7.11 Å². The molecule has 0 aromatic heterocycles. The van der Waals surface area contributed by atoms with Gasteiger partial charge in [0.05, 0.1) is 23.6 Å². The normalized spacial score (nSPS) is 12.4. The number of sulfonamides is 1. The van der Waals surface area contributed by atoms with E-state index in [1.54, 1.807) is 48.5 Å². The number of ether oxygens (including phenoxy) is 1. The van der Waals surface area contributed by atoms with Crippen LogP contribution in [0.3, 0.4) is 0 Å². The Balaban J connectivity index is 2.00. The van der Waals surface area contributed by atoms with Gasteiger partial charge in [-0.05, 0) is 49.2 Å². The van der Waals surface area contributed by atoms with Gasteiger partial charge in [-0.2, -0.15) is 4.72 Å². The molecule has 0 saturated heterocycles. The zero-order valence-electron chi connectivity index (χ0n) is 16.5. The summed E-state index contributed by atoms with van der Waals surface area (Å²) in [4.78, 5) is 11.9. The Labute approximate surface area is 171 Å². The van der Waals surface area contributed by atoms with Crippen LogP contribution < -0.4 is 4.72 Å². The molecule has 0 radical (unpaired) electrons. The average molecular weight is 410 g/mol. The van der Waals surface area contributed by atoms with Gasteiger partial charge in [0.15, 0.2) is 0 Å². The molecule has 6 heteroatoms. The molecule has 5 nitrogen and oxygen atoms in total. The minimum Gasteiger partial charge on any atom is -0.465 e. The largest absolute Gasteiger partial charge is 0.465 e. The molecule has 1 atom stereocenters. The second kappa shape index (κ2) is 8.59. The highest BCUT2D eigenvalue weighted by Crippen LogP contribution is 2.26. The van der Waals surface area contributed by atoms with Crippen LogP contribution >= 0.6 is 0 Å². The second-order valence-corrected chi connectivity index (χ2v) is 8.61. The Kier molecular flexibility index (Phi) is 6.15. The molecule has 0 amide bonds. The molecule has 0 aliphatic rings. The van der Waals surface area contributed by atoms with Crippen molar-refractivity contribution in [3.63, 3.8) is 0 Å². The summed E-state index contributed by atoms with van der Waals surface area (Å²) in [5.41, 5.74) is 3.99. The number of hydrogen-bond donors (Lipinski definition) is 1. The van der Waals surface area contributed by atoms with Gasteiger partial charge in [-0.1, -0.05) is 59.7 Å². The van der Waals surface area contributed by atoms with Crippen LogP contribution in [0, 0.1) is 13.8 Å². The van der Waals surface area contributed by atoms with Crippen molar-refractivity contribution in [2.24, 2.45) is 0 Å². The summed E-state index contributed by atoms with van der Waals surface area (Å²) in [6, 6.07) is 20.5. The zero-order valence-corrected chi connectivity index (χ0v) is 17.4. The number of esters is 1.